The zero-order valence-corrected chi connectivity index (χ0v) is 14.7. The van der Waals surface area contributed by atoms with Gasteiger partial charge in [0.15, 0.2) is 0 Å². The lowest BCUT2D eigenvalue weighted by Gasteiger charge is -2.40. The van der Waals surface area contributed by atoms with Crippen LogP contribution in [0.3, 0.4) is 0 Å². The minimum atomic E-state index is -3.61. The summed E-state index contributed by atoms with van der Waals surface area (Å²) in [5.41, 5.74) is 1.03. The lowest BCUT2D eigenvalue weighted by Crippen LogP contribution is -2.53. The highest BCUT2D eigenvalue weighted by Crippen LogP contribution is 2.29. The molecule has 2 aromatic rings. The molecule has 1 fully saturated rings. The number of para-hydroxylation sites is 1. The first-order chi connectivity index (χ1) is 10.7. The van der Waals surface area contributed by atoms with Gasteiger partial charge in [-0.3, -0.25) is 4.98 Å². The Labute approximate surface area is 137 Å². The smallest absolute Gasteiger partial charge is 0.245 e. The molecule has 3 rings (SSSR count). The number of fused-ring (bicyclic) bond motifs is 1. The van der Waals surface area contributed by atoms with Crippen molar-refractivity contribution in [3.63, 3.8) is 0 Å². The first-order valence-corrected chi connectivity index (χ1v) is 9.16. The maximum absolute atomic E-state index is 13.1. The first kappa shape index (κ1) is 16.4. The van der Waals surface area contributed by atoms with Gasteiger partial charge in [0.2, 0.25) is 10.0 Å². The summed E-state index contributed by atoms with van der Waals surface area (Å²) in [7, 11) is -3.61. The quantitative estimate of drug-likeness (QED) is 0.847. The summed E-state index contributed by atoms with van der Waals surface area (Å²) in [5, 5.41) is 0.839. The minimum Gasteiger partial charge on any atom is -0.370 e. The van der Waals surface area contributed by atoms with Crippen LogP contribution in [-0.4, -0.2) is 42.5 Å². The predicted octanol–water partition coefficient (Wildman–Crippen LogP) is 2.73. The molecular formula is C17H22N2O3S. The number of sulfonamides is 1. The molecule has 124 valence electrons. The summed E-state index contributed by atoms with van der Waals surface area (Å²) in [6.45, 7) is 8.36. The van der Waals surface area contributed by atoms with Gasteiger partial charge in [0.05, 0.1) is 17.2 Å². The van der Waals surface area contributed by atoms with Crippen molar-refractivity contribution >= 4 is 20.9 Å². The van der Waals surface area contributed by atoms with Crippen LogP contribution in [0.1, 0.15) is 26.3 Å². The number of ether oxygens (including phenoxy) is 1. The minimum absolute atomic E-state index is 0.140. The van der Waals surface area contributed by atoms with Gasteiger partial charge in [0.25, 0.3) is 0 Å². The van der Waals surface area contributed by atoms with Gasteiger partial charge >= 0.3 is 0 Å². The van der Waals surface area contributed by atoms with E-state index in [1.54, 1.807) is 18.3 Å². The highest BCUT2D eigenvalue weighted by molar-refractivity contribution is 7.89. The maximum atomic E-state index is 13.1. The van der Waals surface area contributed by atoms with E-state index >= 15 is 0 Å². The summed E-state index contributed by atoms with van der Waals surface area (Å²) in [6, 6.07) is 7.24. The van der Waals surface area contributed by atoms with Gasteiger partial charge in [0, 0.05) is 24.7 Å². The highest BCUT2D eigenvalue weighted by Gasteiger charge is 2.38. The Bertz CT molecular complexity index is 846. The van der Waals surface area contributed by atoms with Crippen molar-refractivity contribution in [2.75, 3.05) is 13.1 Å². The molecule has 0 spiro atoms. The van der Waals surface area contributed by atoms with Crippen LogP contribution in [0.5, 0.6) is 0 Å². The topological polar surface area (TPSA) is 59.5 Å². The van der Waals surface area contributed by atoms with E-state index in [1.807, 2.05) is 39.8 Å². The van der Waals surface area contributed by atoms with Crippen LogP contribution in [0.2, 0.25) is 0 Å². The third kappa shape index (κ3) is 3.11. The molecule has 1 unspecified atom stereocenters. The van der Waals surface area contributed by atoms with Gasteiger partial charge in [-0.05, 0) is 45.4 Å². The third-order valence-electron chi connectivity index (χ3n) is 3.97. The molecule has 0 saturated carbocycles. The fourth-order valence-electron chi connectivity index (χ4n) is 3.17. The molecule has 0 radical (unpaired) electrons. The number of pyridine rings is 1. The maximum Gasteiger partial charge on any atom is 0.245 e. The van der Waals surface area contributed by atoms with Gasteiger partial charge in [0.1, 0.15) is 4.90 Å². The summed E-state index contributed by atoms with van der Waals surface area (Å²) in [5.74, 6) is 0. The average Bonchev–Trinajstić information content (AvgIpc) is 2.44. The normalized spacial score (nSPS) is 22.3. The number of aryl methyl sites for hydroxylation is 1. The van der Waals surface area contributed by atoms with E-state index in [1.165, 1.54) is 4.31 Å². The van der Waals surface area contributed by atoms with E-state index in [0.717, 1.165) is 10.9 Å². The number of hydrogen-bond acceptors (Lipinski definition) is 4. The Hall–Kier alpha value is -1.50. The Kier molecular flexibility index (Phi) is 3.94. The second kappa shape index (κ2) is 5.54. The summed E-state index contributed by atoms with van der Waals surface area (Å²) >= 11 is 0. The Morgan fingerprint density at radius 3 is 2.78 bits per heavy atom. The van der Waals surface area contributed by atoms with E-state index in [2.05, 4.69) is 4.98 Å². The van der Waals surface area contributed by atoms with Crippen LogP contribution in [0.15, 0.2) is 35.4 Å². The van der Waals surface area contributed by atoms with E-state index < -0.39 is 15.6 Å². The fourth-order valence-corrected chi connectivity index (χ4v) is 5.00. The van der Waals surface area contributed by atoms with Crippen molar-refractivity contribution < 1.29 is 13.2 Å². The molecule has 6 heteroatoms. The monoisotopic (exact) mass is 334 g/mol. The molecule has 2 heterocycles. The fraction of sp³-hybridized carbons (Fsp3) is 0.471. The number of morpholine rings is 1. The van der Waals surface area contributed by atoms with Crippen LogP contribution in [0.25, 0.3) is 10.9 Å². The Morgan fingerprint density at radius 1 is 1.35 bits per heavy atom. The number of nitrogens with zero attached hydrogens (tertiary/aromatic N) is 2. The van der Waals surface area contributed by atoms with Crippen molar-refractivity contribution in [3.8, 4) is 0 Å². The van der Waals surface area contributed by atoms with Crippen LogP contribution < -0.4 is 0 Å². The second-order valence-corrected chi connectivity index (χ2v) is 8.73. The Balaban J connectivity index is 2.10. The van der Waals surface area contributed by atoms with Crippen LogP contribution in [0, 0.1) is 6.92 Å². The van der Waals surface area contributed by atoms with Crippen molar-refractivity contribution in [2.45, 2.75) is 44.3 Å². The summed E-state index contributed by atoms with van der Waals surface area (Å²) in [6.07, 6.45) is 1.56. The van der Waals surface area contributed by atoms with Crippen LogP contribution in [-0.2, 0) is 14.8 Å². The molecule has 0 N–H and O–H groups in total. The summed E-state index contributed by atoms with van der Waals surface area (Å²) < 4.78 is 33.6. The van der Waals surface area contributed by atoms with E-state index in [9.17, 15) is 8.42 Å². The number of hydrogen-bond donors (Lipinski definition) is 0. The lowest BCUT2D eigenvalue weighted by atomic mass is 10.1. The van der Waals surface area contributed by atoms with Crippen molar-refractivity contribution in [3.05, 3.63) is 36.0 Å². The number of aromatic nitrogens is 1. The van der Waals surface area contributed by atoms with E-state index in [4.69, 9.17) is 4.74 Å². The third-order valence-corrected chi connectivity index (χ3v) is 5.81. The van der Waals surface area contributed by atoms with Gasteiger partial charge in [-0.25, -0.2) is 8.42 Å². The van der Waals surface area contributed by atoms with Crippen LogP contribution in [0.4, 0.5) is 0 Å². The zero-order chi connectivity index (χ0) is 16.8. The van der Waals surface area contributed by atoms with Gasteiger partial charge < -0.3 is 4.74 Å². The zero-order valence-electron chi connectivity index (χ0n) is 13.9. The predicted molar refractivity (Wildman–Crippen MR) is 89.9 cm³/mol. The molecule has 23 heavy (non-hydrogen) atoms. The molecular weight excluding hydrogens is 312 g/mol. The average molecular weight is 334 g/mol. The first-order valence-electron chi connectivity index (χ1n) is 7.72. The molecule has 0 bridgehead atoms. The van der Waals surface area contributed by atoms with Crippen LogP contribution >= 0.6 is 0 Å². The molecule has 1 atom stereocenters. The molecule has 1 aromatic carbocycles. The molecule has 0 aliphatic carbocycles. The number of benzene rings is 1. The number of rotatable bonds is 2. The molecule has 5 nitrogen and oxygen atoms in total. The molecule has 1 aromatic heterocycles. The van der Waals surface area contributed by atoms with Crippen molar-refractivity contribution in [1.29, 1.82) is 0 Å². The molecule has 1 saturated heterocycles. The van der Waals surface area contributed by atoms with Gasteiger partial charge in [-0.1, -0.05) is 12.1 Å². The summed E-state index contributed by atoms with van der Waals surface area (Å²) in [4.78, 5) is 4.62. The molecule has 1 aliphatic heterocycles. The standard InChI is InChI=1S/C17H22N2O3S/c1-12-8-14-6-5-7-15(16(14)18-9-12)23(20,21)19-10-13(2)22-17(3,4)11-19/h5-9,13H,10-11H2,1-4H3. The van der Waals surface area contributed by atoms with E-state index in [-0.39, 0.29) is 11.0 Å². The van der Waals surface area contributed by atoms with Gasteiger partial charge in [-0.2, -0.15) is 4.31 Å². The second-order valence-electron chi connectivity index (χ2n) is 6.83. The van der Waals surface area contributed by atoms with Crippen molar-refractivity contribution in [2.24, 2.45) is 0 Å². The largest absolute Gasteiger partial charge is 0.370 e. The molecule has 1 aliphatic rings. The Morgan fingerprint density at radius 2 is 2.09 bits per heavy atom. The van der Waals surface area contributed by atoms with Crippen molar-refractivity contribution in [1.82, 2.24) is 9.29 Å². The molecule has 0 amide bonds. The SMILES string of the molecule is Cc1cnc2c(S(=O)(=O)N3CC(C)OC(C)(C)C3)cccc2c1. The lowest BCUT2D eigenvalue weighted by molar-refractivity contribution is -0.109. The highest BCUT2D eigenvalue weighted by atomic mass is 32.2. The van der Waals surface area contributed by atoms with Gasteiger partial charge in [-0.15, -0.1) is 0 Å². The van der Waals surface area contributed by atoms with E-state index in [0.29, 0.717) is 18.6 Å².